The highest BCUT2D eigenvalue weighted by Gasteiger charge is 2.40. The lowest BCUT2D eigenvalue weighted by Crippen LogP contribution is -2.46. The number of allylic oxidation sites excluding steroid dienone is 1. The van der Waals surface area contributed by atoms with E-state index in [4.69, 9.17) is 4.43 Å². The average molecular weight is 411 g/mol. The zero-order valence-electron chi connectivity index (χ0n) is 20.2. The zero-order valence-corrected chi connectivity index (χ0v) is 22.2. The van der Waals surface area contributed by atoms with Crippen LogP contribution in [-0.2, 0) is 4.43 Å². The van der Waals surface area contributed by atoms with Crippen molar-refractivity contribution in [2.24, 2.45) is 5.92 Å². The molecular formula is C24H50OSi2. The maximum atomic E-state index is 7.04. The normalized spacial score (nSPS) is 19.4. The van der Waals surface area contributed by atoms with E-state index in [9.17, 15) is 0 Å². The van der Waals surface area contributed by atoms with E-state index in [1.54, 1.807) is 5.20 Å². The summed E-state index contributed by atoms with van der Waals surface area (Å²) >= 11 is 0. The molecule has 3 heteroatoms. The molecule has 1 aliphatic carbocycles. The van der Waals surface area contributed by atoms with Crippen LogP contribution < -0.4 is 0 Å². The molecule has 0 aromatic heterocycles. The molecule has 1 fully saturated rings. The van der Waals surface area contributed by atoms with Crippen LogP contribution in [0.2, 0.25) is 37.8 Å². The summed E-state index contributed by atoms with van der Waals surface area (Å²) in [4.78, 5) is 0. The fourth-order valence-electron chi connectivity index (χ4n) is 4.01. The number of hydrogen-bond acceptors (Lipinski definition) is 1. The van der Waals surface area contributed by atoms with Gasteiger partial charge in [-0.05, 0) is 56.2 Å². The minimum absolute atomic E-state index is 0.298. The number of unbranched alkanes of at least 4 members (excludes halogenated alkanes) is 2. The van der Waals surface area contributed by atoms with Crippen molar-refractivity contribution in [3.63, 3.8) is 0 Å². The molecule has 1 nitrogen and oxygen atoms in total. The fourth-order valence-corrected chi connectivity index (χ4v) is 7.06. The Kier molecular flexibility index (Phi) is 10.0. The molecule has 27 heavy (non-hydrogen) atoms. The van der Waals surface area contributed by atoms with Crippen LogP contribution in [0.5, 0.6) is 0 Å². The smallest absolute Gasteiger partial charge is 0.192 e. The van der Waals surface area contributed by atoms with Gasteiger partial charge >= 0.3 is 0 Å². The Bertz CT molecular complexity index is 448. The molecule has 1 saturated carbocycles. The van der Waals surface area contributed by atoms with Gasteiger partial charge < -0.3 is 4.43 Å². The van der Waals surface area contributed by atoms with Gasteiger partial charge in [-0.15, -0.1) is 0 Å². The van der Waals surface area contributed by atoms with Crippen molar-refractivity contribution in [1.82, 2.24) is 0 Å². The van der Waals surface area contributed by atoms with E-state index in [2.05, 4.69) is 66.5 Å². The fraction of sp³-hybridized carbons (Fsp3) is 0.917. The van der Waals surface area contributed by atoms with Gasteiger partial charge in [0.1, 0.15) is 0 Å². The third kappa shape index (κ3) is 8.57. The predicted molar refractivity (Wildman–Crippen MR) is 129 cm³/mol. The molecule has 0 aliphatic heterocycles. The molecule has 160 valence electrons. The van der Waals surface area contributed by atoms with Crippen LogP contribution in [0.25, 0.3) is 0 Å². The van der Waals surface area contributed by atoms with Crippen molar-refractivity contribution in [1.29, 1.82) is 0 Å². The number of rotatable bonds is 10. The maximum Gasteiger partial charge on any atom is 0.192 e. The van der Waals surface area contributed by atoms with Crippen LogP contribution in [0.1, 0.15) is 91.9 Å². The predicted octanol–water partition coefficient (Wildman–Crippen LogP) is 8.73. The highest BCUT2D eigenvalue weighted by molar-refractivity contribution is 6.83. The Morgan fingerprint density at radius 2 is 1.59 bits per heavy atom. The van der Waals surface area contributed by atoms with Crippen LogP contribution in [0, 0.1) is 5.92 Å². The van der Waals surface area contributed by atoms with Crippen LogP contribution in [0.15, 0.2) is 11.3 Å². The minimum atomic E-state index is -1.72. The highest BCUT2D eigenvalue weighted by Crippen LogP contribution is 2.40. The lowest BCUT2D eigenvalue weighted by atomic mass is 9.84. The monoisotopic (exact) mass is 410 g/mol. The summed E-state index contributed by atoms with van der Waals surface area (Å²) in [7, 11) is -2.95. The van der Waals surface area contributed by atoms with Crippen LogP contribution >= 0.6 is 0 Å². The molecule has 1 aliphatic rings. The third-order valence-corrected chi connectivity index (χ3v) is 13.9. The van der Waals surface area contributed by atoms with Gasteiger partial charge in [-0.2, -0.15) is 0 Å². The maximum absolute atomic E-state index is 7.04. The van der Waals surface area contributed by atoms with Crippen molar-refractivity contribution < 1.29 is 4.43 Å². The highest BCUT2D eigenvalue weighted by atomic mass is 28.4. The first-order chi connectivity index (χ1) is 12.4. The quantitative estimate of drug-likeness (QED) is 0.258. The summed E-state index contributed by atoms with van der Waals surface area (Å²) in [5, 5.41) is 2.09. The first-order valence-corrected chi connectivity index (χ1v) is 18.2. The summed E-state index contributed by atoms with van der Waals surface area (Å²) in [5.74, 6) is 0.780. The third-order valence-electron chi connectivity index (χ3n) is 7.04. The summed E-state index contributed by atoms with van der Waals surface area (Å²) in [5.41, 5.74) is 0. The Balaban J connectivity index is 2.96. The molecule has 0 aromatic rings. The van der Waals surface area contributed by atoms with Crippen LogP contribution in [0.3, 0.4) is 0 Å². The zero-order chi connectivity index (χ0) is 20.7. The second kappa shape index (κ2) is 10.8. The van der Waals surface area contributed by atoms with Gasteiger partial charge in [0.05, 0.1) is 14.2 Å². The Morgan fingerprint density at radius 1 is 1.00 bits per heavy atom. The second-order valence-corrected chi connectivity index (χ2v) is 21.4. The summed E-state index contributed by atoms with van der Waals surface area (Å²) in [6.45, 7) is 21.9. The molecule has 1 atom stereocenters. The Labute approximate surface area is 173 Å². The van der Waals surface area contributed by atoms with Gasteiger partial charge in [-0.3, -0.25) is 0 Å². The lowest BCUT2D eigenvalue weighted by Gasteiger charge is -2.42. The summed E-state index contributed by atoms with van der Waals surface area (Å²) in [6.07, 6.45) is 16.6. The van der Waals surface area contributed by atoms with E-state index in [1.165, 1.54) is 57.8 Å². The van der Waals surface area contributed by atoms with Gasteiger partial charge in [-0.1, -0.05) is 90.7 Å². The van der Waals surface area contributed by atoms with E-state index in [0.29, 0.717) is 11.1 Å². The summed E-state index contributed by atoms with van der Waals surface area (Å²) < 4.78 is 7.04. The van der Waals surface area contributed by atoms with Crippen molar-refractivity contribution >= 4 is 16.4 Å². The van der Waals surface area contributed by atoms with Crippen LogP contribution in [-0.4, -0.2) is 22.5 Å². The van der Waals surface area contributed by atoms with E-state index in [-0.39, 0.29) is 0 Å². The largest absolute Gasteiger partial charge is 0.413 e. The molecule has 0 heterocycles. The van der Waals surface area contributed by atoms with Crippen molar-refractivity contribution in [3.8, 4) is 0 Å². The molecular weight excluding hydrogens is 360 g/mol. The summed E-state index contributed by atoms with van der Waals surface area (Å²) in [6, 6.07) is 0. The van der Waals surface area contributed by atoms with Crippen molar-refractivity contribution in [2.45, 2.75) is 136 Å². The molecule has 1 rings (SSSR count). The minimum Gasteiger partial charge on any atom is -0.413 e. The Morgan fingerprint density at radius 3 is 2.07 bits per heavy atom. The molecule has 0 N–H and O–H groups in total. The second-order valence-electron chi connectivity index (χ2n) is 11.5. The number of hydrogen-bond donors (Lipinski definition) is 0. The standard InChI is InChI=1S/C24H50OSi2/c1-10-11-13-18-22(26(5,6)7)19-20-23(21-16-14-12-15-17-21)25-27(8,9)24(2,3)4/h19,21,23H,10-18,20H2,1-9H3/b22-19-. The van der Waals surface area contributed by atoms with Gasteiger partial charge in [-0.25, -0.2) is 0 Å². The van der Waals surface area contributed by atoms with Gasteiger partial charge in [0.15, 0.2) is 8.32 Å². The molecule has 0 amide bonds. The van der Waals surface area contributed by atoms with E-state index < -0.39 is 16.4 Å². The Hall–Kier alpha value is 0.134. The molecule has 0 saturated heterocycles. The topological polar surface area (TPSA) is 9.23 Å². The van der Waals surface area contributed by atoms with E-state index >= 15 is 0 Å². The molecule has 0 spiro atoms. The molecule has 0 bridgehead atoms. The molecule has 1 unspecified atom stereocenters. The van der Waals surface area contributed by atoms with Gasteiger partial charge in [0.2, 0.25) is 0 Å². The van der Waals surface area contributed by atoms with Crippen molar-refractivity contribution in [3.05, 3.63) is 11.3 Å². The van der Waals surface area contributed by atoms with Gasteiger partial charge in [0.25, 0.3) is 0 Å². The van der Waals surface area contributed by atoms with Crippen LogP contribution in [0.4, 0.5) is 0 Å². The van der Waals surface area contributed by atoms with E-state index in [1.807, 2.05) is 0 Å². The lowest BCUT2D eigenvalue weighted by molar-refractivity contribution is 0.0958. The van der Waals surface area contributed by atoms with E-state index in [0.717, 1.165) is 12.3 Å². The first-order valence-electron chi connectivity index (χ1n) is 11.8. The first kappa shape index (κ1) is 25.2. The molecule has 0 radical (unpaired) electrons. The average Bonchev–Trinajstić information content (AvgIpc) is 2.55. The van der Waals surface area contributed by atoms with Gasteiger partial charge in [0, 0.05) is 0 Å². The molecule has 0 aromatic carbocycles. The SMILES string of the molecule is CCCCC/C(=C/CC(O[Si](C)(C)C(C)(C)C)C1CCCCC1)[Si](C)(C)C. The van der Waals surface area contributed by atoms with Crippen molar-refractivity contribution in [2.75, 3.05) is 0 Å².